The predicted octanol–water partition coefficient (Wildman–Crippen LogP) is 4.09. The molecule has 0 saturated heterocycles. The van der Waals surface area contributed by atoms with E-state index >= 15 is 0 Å². The van der Waals surface area contributed by atoms with Gasteiger partial charge in [0.1, 0.15) is 0 Å². The SMILES string of the molecule is CCCNc1c2c(nc3c(Cl)ccc(C)c13)CCOC2. The van der Waals surface area contributed by atoms with Crippen molar-refractivity contribution >= 4 is 28.2 Å². The summed E-state index contributed by atoms with van der Waals surface area (Å²) in [5.74, 6) is 0. The average molecular weight is 291 g/mol. The van der Waals surface area contributed by atoms with Gasteiger partial charge >= 0.3 is 0 Å². The summed E-state index contributed by atoms with van der Waals surface area (Å²) in [5.41, 5.74) is 5.58. The summed E-state index contributed by atoms with van der Waals surface area (Å²) in [5, 5.41) is 5.41. The average Bonchev–Trinajstić information content (AvgIpc) is 2.48. The van der Waals surface area contributed by atoms with Crippen LogP contribution >= 0.6 is 11.6 Å². The van der Waals surface area contributed by atoms with Gasteiger partial charge < -0.3 is 10.1 Å². The number of hydrogen-bond donors (Lipinski definition) is 1. The summed E-state index contributed by atoms with van der Waals surface area (Å²) in [6.45, 7) is 6.59. The molecule has 0 unspecified atom stereocenters. The van der Waals surface area contributed by atoms with E-state index in [2.05, 4.69) is 25.2 Å². The quantitative estimate of drug-likeness (QED) is 0.924. The molecule has 4 heteroatoms. The Morgan fingerprint density at radius 1 is 1.40 bits per heavy atom. The van der Waals surface area contributed by atoms with Gasteiger partial charge in [-0.15, -0.1) is 0 Å². The number of aryl methyl sites for hydroxylation is 1. The van der Waals surface area contributed by atoms with Crippen molar-refractivity contribution in [1.82, 2.24) is 4.98 Å². The standard InChI is InChI=1S/C16H19ClN2O/c1-3-7-18-15-11-9-20-8-6-13(11)19-16-12(17)5-4-10(2)14(15)16/h4-5H,3,6-9H2,1-2H3,(H,18,19). The number of nitrogens with one attached hydrogen (secondary N) is 1. The summed E-state index contributed by atoms with van der Waals surface area (Å²) in [6.07, 6.45) is 1.94. The third kappa shape index (κ3) is 2.25. The van der Waals surface area contributed by atoms with Gasteiger partial charge in [0, 0.05) is 23.9 Å². The van der Waals surface area contributed by atoms with Crippen LogP contribution in [-0.4, -0.2) is 18.1 Å². The fourth-order valence-corrected chi connectivity index (χ4v) is 2.94. The van der Waals surface area contributed by atoms with E-state index in [-0.39, 0.29) is 0 Å². The molecule has 3 nitrogen and oxygen atoms in total. The Hall–Kier alpha value is -1.32. The van der Waals surface area contributed by atoms with Crippen LogP contribution < -0.4 is 5.32 Å². The van der Waals surface area contributed by atoms with Crippen molar-refractivity contribution in [2.24, 2.45) is 0 Å². The Kier molecular flexibility index (Phi) is 3.81. The molecule has 0 atom stereocenters. The van der Waals surface area contributed by atoms with Crippen molar-refractivity contribution in [2.75, 3.05) is 18.5 Å². The van der Waals surface area contributed by atoms with Gasteiger partial charge in [-0.1, -0.05) is 24.6 Å². The second kappa shape index (κ2) is 5.58. The number of nitrogens with zero attached hydrogens (tertiary/aromatic N) is 1. The normalized spacial score (nSPS) is 14.3. The lowest BCUT2D eigenvalue weighted by molar-refractivity contribution is 0.110. The Labute approximate surface area is 124 Å². The first-order chi connectivity index (χ1) is 9.72. The minimum absolute atomic E-state index is 0.635. The van der Waals surface area contributed by atoms with E-state index < -0.39 is 0 Å². The molecule has 0 bridgehead atoms. The second-order valence-electron chi connectivity index (χ2n) is 5.23. The number of anilines is 1. The zero-order valence-electron chi connectivity index (χ0n) is 11.9. The van der Waals surface area contributed by atoms with Crippen LogP contribution in [0.4, 0.5) is 5.69 Å². The summed E-state index contributed by atoms with van der Waals surface area (Å²) in [4.78, 5) is 4.79. The second-order valence-corrected chi connectivity index (χ2v) is 5.64. The van der Waals surface area contributed by atoms with Crippen LogP contribution in [0.5, 0.6) is 0 Å². The molecule has 0 spiro atoms. The van der Waals surface area contributed by atoms with E-state index in [1.165, 1.54) is 11.1 Å². The molecular formula is C16H19ClN2O. The number of fused-ring (bicyclic) bond motifs is 2. The van der Waals surface area contributed by atoms with Gasteiger partial charge in [0.05, 0.1) is 35.1 Å². The van der Waals surface area contributed by atoms with Crippen molar-refractivity contribution in [3.8, 4) is 0 Å². The van der Waals surface area contributed by atoms with Crippen molar-refractivity contribution in [1.29, 1.82) is 0 Å². The van der Waals surface area contributed by atoms with Crippen molar-refractivity contribution < 1.29 is 4.74 Å². The maximum atomic E-state index is 6.36. The number of hydrogen-bond acceptors (Lipinski definition) is 3. The van der Waals surface area contributed by atoms with Gasteiger partial charge in [-0.2, -0.15) is 0 Å². The fourth-order valence-electron chi connectivity index (χ4n) is 2.74. The van der Waals surface area contributed by atoms with E-state index in [0.29, 0.717) is 6.61 Å². The molecule has 1 aromatic carbocycles. The fraction of sp³-hybridized carbons (Fsp3) is 0.438. The molecule has 0 aliphatic carbocycles. The van der Waals surface area contributed by atoms with E-state index in [0.717, 1.165) is 53.3 Å². The maximum absolute atomic E-state index is 6.36. The molecule has 0 radical (unpaired) electrons. The molecule has 20 heavy (non-hydrogen) atoms. The van der Waals surface area contributed by atoms with Crippen LogP contribution in [0.2, 0.25) is 5.02 Å². The van der Waals surface area contributed by atoms with Crippen LogP contribution in [0, 0.1) is 6.92 Å². The number of benzene rings is 1. The minimum atomic E-state index is 0.635. The van der Waals surface area contributed by atoms with Crippen LogP contribution in [0.15, 0.2) is 12.1 Å². The number of pyridine rings is 1. The first kappa shape index (κ1) is 13.7. The van der Waals surface area contributed by atoms with Crippen LogP contribution in [-0.2, 0) is 17.8 Å². The van der Waals surface area contributed by atoms with Crippen molar-refractivity contribution in [3.63, 3.8) is 0 Å². The third-order valence-electron chi connectivity index (χ3n) is 3.77. The first-order valence-electron chi connectivity index (χ1n) is 7.14. The van der Waals surface area contributed by atoms with E-state index in [4.69, 9.17) is 21.3 Å². The third-order valence-corrected chi connectivity index (χ3v) is 4.07. The Morgan fingerprint density at radius 3 is 3.05 bits per heavy atom. The maximum Gasteiger partial charge on any atom is 0.0915 e. The topological polar surface area (TPSA) is 34.2 Å². The van der Waals surface area contributed by atoms with Crippen molar-refractivity contribution in [2.45, 2.75) is 33.3 Å². The van der Waals surface area contributed by atoms with Crippen LogP contribution in [0.3, 0.4) is 0 Å². The number of aromatic nitrogens is 1. The van der Waals surface area contributed by atoms with Gasteiger partial charge in [-0.05, 0) is 25.0 Å². The highest BCUT2D eigenvalue weighted by atomic mass is 35.5. The van der Waals surface area contributed by atoms with E-state index in [9.17, 15) is 0 Å². The largest absolute Gasteiger partial charge is 0.384 e. The zero-order chi connectivity index (χ0) is 14.1. The monoisotopic (exact) mass is 290 g/mol. The summed E-state index contributed by atoms with van der Waals surface area (Å²) in [7, 11) is 0. The van der Waals surface area contributed by atoms with Gasteiger partial charge in [-0.25, -0.2) is 0 Å². The Morgan fingerprint density at radius 2 is 2.25 bits per heavy atom. The van der Waals surface area contributed by atoms with E-state index in [1.54, 1.807) is 0 Å². The lowest BCUT2D eigenvalue weighted by Crippen LogP contribution is -2.16. The molecule has 2 aromatic rings. The van der Waals surface area contributed by atoms with Gasteiger partial charge in [-0.3, -0.25) is 4.98 Å². The van der Waals surface area contributed by atoms with Crippen LogP contribution in [0.25, 0.3) is 10.9 Å². The van der Waals surface area contributed by atoms with E-state index in [1.807, 2.05) is 6.07 Å². The summed E-state index contributed by atoms with van der Waals surface area (Å²) in [6, 6.07) is 3.99. The van der Waals surface area contributed by atoms with Gasteiger partial charge in [0.15, 0.2) is 0 Å². The molecule has 2 heterocycles. The molecule has 1 aliphatic heterocycles. The molecule has 1 aromatic heterocycles. The number of rotatable bonds is 3. The lowest BCUT2D eigenvalue weighted by Gasteiger charge is -2.23. The minimum Gasteiger partial charge on any atom is -0.384 e. The molecule has 0 amide bonds. The zero-order valence-corrected chi connectivity index (χ0v) is 12.7. The molecule has 0 saturated carbocycles. The predicted molar refractivity (Wildman–Crippen MR) is 83.6 cm³/mol. The molecule has 3 rings (SSSR count). The highest BCUT2D eigenvalue weighted by Gasteiger charge is 2.20. The van der Waals surface area contributed by atoms with Gasteiger partial charge in [0.25, 0.3) is 0 Å². The van der Waals surface area contributed by atoms with Gasteiger partial charge in [0.2, 0.25) is 0 Å². The highest BCUT2D eigenvalue weighted by Crippen LogP contribution is 2.36. The Balaban J connectivity index is 2.30. The lowest BCUT2D eigenvalue weighted by atomic mass is 10.00. The molecule has 1 N–H and O–H groups in total. The summed E-state index contributed by atoms with van der Waals surface area (Å²) >= 11 is 6.36. The molecule has 0 fully saturated rings. The number of ether oxygens (including phenoxy) is 1. The first-order valence-corrected chi connectivity index (χ1v) is 7.52. The number of halogens is 1. The molecule has 1 aliphatic rings. The molecular weight excluding hydrogens is 272 g/mol. The smallest absolute Gasteiger partial charge is 0.0915 e. The highest BCUT2D eigenvalue weighted by molar-refractivity contribution is 6.35. The van der Waals surface area contributed by atoms with Crippen molar-refractivity contribution in [3.05, 3.63) is 34.0 Å². The summed E-state index contributed by atoms with van der Waals surface area (Å²) < 4.78 is 5.62. The van der Waals surface area contributed by atoms with Crippen LogP contribution in [0.1, 0.15) is 30.2 Å². The molecule has 106 valence electrons. The Bertz CT molecular complexity index is 655.